The van der Waals surface area contributed by atoms with Crippen molar-refractivity contribution in [1.82, 2.24) is 4.90 Å². The first-order valence-electron chi connectivity index (χ1n) is 5.31. The average Bonchev–Trinajstić information content (AvgIpc) is 2.29. The van der Waals surface area contributed by atoms with E-state index in [4.69, 9.17) is 11.5 Å². The fraction of sp³-hybridized carbons (Fsp3) is 0.273. The van der Waals surface area contributed by atoms with Crippen LogP contribution in [0.2, 0.25) is 0 Å². The zero-order valence-electron chi connectivity index (χ0n) is 10.4. The largest absolute Gasteiger partial charge is 0.419 e. The molecule has 0 spiro atoms. The first-order valence-corrected chi connectivity index (χ1v) is 5.31. The number of nitrogens with two attached hydrogens (primary N) is 2. The number of hydrogen-bond donors (Lipinski definition) is 2. The van der Waals surface area contributed by atoms with E-state index in [0.29, 0.717) is 12.1 Å². The van der Waals surface area contributed by atoms with Gasteiger partial charge in [-0.15, -0.1) is 0 Å². The van der Waals surface area contributed by atoms with E-state index < -0.39 is 23.6 Å². The highest BCUT2D eigenvalue weighted by atomic mass is 19.4. The van der Waals surface area contributed by atoms with Crippen LogP contribution in [0.4, 0.5) is 22.4 Å². The maximum absolute atomic E-state index is 13.1. The van der Waals surface area contributed by atoms with Crippen molar-refractivity contribution >= 4 is 12.0 Å². The zero-order valence-corrected chi connectivity index (χ0v) is 10.4. The van der Waals surface area contributed by atoms with Crippen LogP contribution in [-0.2, 0) is 12.7 Å². The van der Waals surface area contributed by atoms with E-state index in [2.05, 4.69) is 4.99 Å². The summed E-state index contributed by atoms with van der Waals surface area (Å²) in [6, 6.07) is 1.54. The molecule has 0 aromatic heterocycles. The van der Waals surface area contributed by atoms with Gasteiger partial charge >= 0.3 is 12.2 Å². The molecule has 0 bridgehead atoms. The summed E-state index contributed by atoms with van der Waals surface area (Å²) in [7, 11) is 1.40. The van der Waals surface area contributed by atoms with Gasteiger partial charge in [-0.3, -0.25) is 0 Å². The molecule has 0 saturated carbocycles. The Labute approximate surface area is 111 Å². The van der Waals surface area contributed by atoms with Gasteiger partial charge < -0.3 is 16.4 Å². The minimum Gasteiger partial charge on any atom is -0.369 e. The van der Waals surface area contributed by atoms with Gasteiger partial charge in [0.15, 0.2) is 0 Å². The monoisotopic (exact) mass is 292 g/mol. The van der Waals surface area contributed by atoms with Crippen molar-refractivity contribution in [3.63, 3.8) is 0 Å². The van der Waals surface area contributed by atoms with E-state index in [1.807, 2.05) is 0 Å². The Kier molecular flexibility index (Phi) is 4.53. The number of alkyl halides is 3. The van der Waals surface area contributed by atoms with Gasteiger partial charge in [0.1, 0.15) is 5.82 Å². The van der Waals surface area contributed by atoms with Gasteiger partial charge in [0.2, 0.25) is 5.96 Å². The molecule has 0 aliphatic carbocycles. The first kappa shape index (κ1) is 15.7. The molecular formula is C11H12F4N4O. The molecule has 1 aromatic rings. The molecular weight excluding hydrogens is 280 g/mol. The van der Waals surface area contributed by atoms with Gasteiger partial charge in [-0.05, 0) is 17.7 Å². The van der Waals surface area contributed by atoms with Gasteiger partial charge in [0.05, 0.1) is 5.56 Å². The molecule has 0 fully saturated rings. The first-order chi connectivity index (χ1) is 9.11. The summed E-state index contributed by atoms with van der Waals surface area (Å²) in [6.07, 6.45) is -4.79. The molecule has 0 saturated heterocycles. The Hall–Kier alpha value is -2.32. The molecule has 2 amide bonds. The maximum Gasteiger partial charge on any atom is 0.419 e. The van der Waals surface area contributed by atoms with E-state index >= 15 is 0 Å². The second kappa shape index (κ2) is 5.76. The summed E-state index contributed by atoms with van der Waals surface area (Å²) in [5.41, 5.74) is 8.98. The molecule has 0 atom stereocenters. The van der Waals surface area contributed by atoms with E-state index in [0.717, 1.165) is 0 Å². The molecule has 1 aromatic carbocycles. The van der Waals surface area contributed by atoms with Crippen molar-refractivity contribution in [3.05, 3.63) is 35.1 Å². The minimum atomic E-state index is -4.79. The van der Waals surface area contributed by atoms with Crippen LogP contribution in [0.1, 0.15) is 11.1 Å². The van der Waals surface area contributed by atoms with Crippen LogP contribution in [0.3, 0.4) is 0 Å². The number of carbonyl (C=O) groups excluding carboxylic acids is 1. The lowest BCUT2D eigenvalue weighted by molar-refractivity contribution is -0.140. The van der Waals surface area contributed by atoms with Crippen molar-refractivity contribution in [3.8, 4) is 0 Å². The molecule has 0 unspecified atom stereocenters. The van der Waals surface area contributed by atoms with Crippen LogP contribution >= 0.6 is 0 Å². The number of carbonyl (C=O) groups is 1. The highest BCUT2D eigenvalue weighted by Crippen LogP contribution is 2.32. The predicted molar refractivity (Wildman–Crippen MR) is 64.1 cm³/mol. The third-order valence-electron chi connectivity index (χ3n) is 2.37. The van der Waals surface area contributed by atoms with Crippen LogP contribution in [0.15, 0.2) is 23.2 Å². The molecule has 0 radical (unpaired) electrons. The Morgan fingerprint density at radius 2 is 1.95 bits per heavy atom. The maximum atomic E-state index is 13.1. The third kappa shape index (κ3) is 4.11. The van der Waals surface area contributed by atoms with Crippen molar-refractivity contribution in [2.24, 2.45) is 16.5 Å². The van der Waals surface area contributed by atoms with Crippen LogP contribution in [0.5, 0.6) is 0 Å². The Morgan fingerprint density at radius 3 is 2.45 bits per heavy atom. The van der Waals surface area contributed by atoms with Gasteiger partial charge in [0.25, 0.3) is 0 Å². The molecule has 1 rings (SSSR count). The normalized spacial score (nSPS) is 12.3. The Bertz CT molecular complexity index is 542. The van der Waals surface area contributed by atoms with Gasteiger partial charge in [0, 0.05) is 13.6 Å². The van der Waals surface area contributed by atoms with E-state index in [-0.39, 0.29) is 18.1 Å². The molecule has 20 heavy (non-hydrogen) atoms. The second-order valence-corrected chi connectivity index (χ2v) is 3.98. The van der Waals surface area contributed by atoms with Crippen molar-refractivity contribution in [2.75, 3.05) is 7.05 Å². The summed E-state index contributed by atoms with van der Waals surface area (Å²) in [5.74, 6) is -1.61. The Morgan fingerprint density at radius 1 is 1.35 bits per heavy atom. The predicted octanol–water partition coefficient (Wildman–Crippen LogP) is 1.67. The summed E-state index contributed by atoms with van der Waals surface area (Å²) < 4.78 is 50.7. The number of benzene rings is 1. The number of halogens is 4. The van der Waals surface area contributed by atoms with Crippen LogP contribution in [-0.4, -0.2) is 23.9 Å². The summed E-state index contributed by atoms with van der Waals surface area (Å²) in [5, 5.41) is 0. The van der Waals surface area contributed by atoms with Crippen molar-refractivity contribution in [1.29, 1.82) is 0 Å². The number of amides is 2. The number of primary amides is 1. The second-order valence-electron chi connectivity index (χ2n) is 3.98. The topological polar surface area (TPSA) is 84.7 Å². The smallest absolute Gasteiger partial charge is 0.369 e. The summed E-state index contributed by atoms with van der Waals surface area (Å²) in [6.45, 7) is -0.0913. The highest BCUT2D eigenvalue weighted by Gasteiger charge is 2.34. The lowest BCUT2D eigenvalue weighted by Crippen LogP contribution is -2.35. The highest BCUT2D eigenvalue weighted by molar-refractivity contribution is 5.90. The quantitative estimate of drug-likeness (QED) is 0.494. The molecule has 0 aliphatic rings. The molecule has 5 nitrogen and oxygen atoms in total. The number of urea groups is 1. The minimum absolute atomic E-state index is 0.0913. The van der Waals surface area contributed by atoms with Gasteiger partial charge in [-0.1, -0.05) is 6.07 Å². The lowest BCUT2D eigenvalue weighted by atomic mass is 10.1. The van der Waals surface area contributed by atoms with Crippen molar-refractivity contribution in [2.45, 2.75) is 12.7 Å². The molecule has 9 heteroatoms. The number of nitrogens with zero attached hydrogens (tertiary/aromatic N) is 2. The molecule has 0 heterocycles. The SMILES string of the molecule is CN(Cc1ccc(F)c(C(F)(F)F)c1)C(N)=NC(N)=O. The standard InChI is InChI=1S/C11H12F4N4O/c1-19(9(16)18-10(17)20)5-6-2-3-8(12)7(4-6)11(13,14)15/h2-4H,5H2,1H3,(H4,16,17,18,20). The molecule has 4 N–H and O–H groups in total. The number of aliphatic imine (C=N–C) groups is 1. The van der Waals surface area contributed by atoms with Crippen LogP contribution < -0.4 is 11.5 Å². The fourth-order valence-corrected chi connectivity index (χ4v) is 1.44. The number of guanidine groups is 1. The van der Waals surface area contributed by atoms with Crippen LogP contribution in [0.25, 0.3) is 0 Å². The van der Waals surface area contributed by atoms with Crippen LogP contribution in [0, 0.1) is 5.82 Å². The lowest BCUT2D eigenvalue weighted by Gasteiger charge is -2.18. The molecule has 110 valence electrons. The average molecular weight is 292 g/mol. The summed E-state index contributed by atoms with van der Waals surface area (Å²) >= 11 is 0. The van der Waals surface area contributed by atoms with Gasteiger partial charge in [-0.25, -0.2) is 9.18 Å². The fourth-order valence-electron chi connectivity index (χ4n) is 1.44. The van der Waals surface area contributed by atoms with E-state index in [1.165, 1.54) is 18.0 Å². The van der Waals surface area contributed by atoms with Crippen molar-refractivity contribution < 1.29 is 22.4 Å². The Balaban J connectivity index is 2.97. The number of rotatable bonds is 2. The van der Waals surface area contributed by atoms with E-state index in [1.54, 1.807) is 0 Å². The third-order valence-corrected chi connectivity index (χ3v) is 2.37. The van der Waals surface area contributed by atoms with E-state index in [9.17, 15) is 22.4 Å². The molecule has 0 aliphatic heterocycles. The zero-order chi connectivity index (χ0) is 15.5. The number of hydrogen-bond acceptors (Lipinski definition) is 1. The summed E-state index contributed by atoms with van der Waals surface area (Å²) in [4.78, 5) is 15.0. The van der Waals surface area contributed by atoms with Gasteiger partial charge in [-0.2, -0.15) is 18.2 Å².